The maximum Gasteiger partial charge on any atom is 0.317 e. The Morgan fingerprint density at radius 3 is 2.32 bits per heavy atom. The summed E-state index contributed by atoms with van der Waals surface area (Å²) >= 11 is 0. The van der Waals surface area contributed by atoms with Crippen molar-refractivity contribution in [3.63, 3.8) is 0 Å². The van der Waals surface area contributed by atoms with Crippen LogP contribution in [0.15, 0.2) is 12.1 Å². The molecule has 152 valence electrons. The first kappa shape index (κ1) is 20.2. The van der Waals surface area contributed by atoms with E-state index in [4.69, 9.17) is 0 Å². The van der Waals surface area contributed by atoms with Crippen LogP contribution in [0.3, 0.4) is 0 Å². The third-order valence-corrected chi connectivity index (χ3v) is 5.38. The van der Waals surface area contributed by atoms with Crippen LogP contribution in [0.4, 0.5) is 10.5 Å². The molecule has 0 aromatic carbocycles. The maximum absolute atomic E-state index is 12.6. The Morgan fingerprint density at radius 2 is 1.71 bits per heavy atom. The van der Waals surface area contributed by atoms with E-state index in [0.717, 1.165) is 67.5 Å². The molecular formula is C21H32N6O. The first-order valence-electron chi connectivity index (χ1n) is 10.1. The molecule has 28 heavy (non-hydrogen) atoms. The van der Waals surface area contributed by atoms with Gasteiger partial charge in [-0.2, -0.15) is 5.10 Å². The van der Waals surface area contributed by atoms with Crippen LogP contribution in [0.5, 0.6) is 0 Å². The first-order valence-corrected chi connectivity index (χ1v) is 10.1. The van der Waals surface area contributed by atoms with Crippen LogP contribution in [0, 0.1) is 27.7 Å². The van der Waals surface area contributed by atoms with Crippen molar-refractivity contribution in [1.29, 1.82) is 0 Å². The second kappa shape index (κ2) is 8.63. The molecule has 2 aromatic rings. The number of aromatic nitrogens is 3. The average Bonchev–Trinajstić information content (AvgIpc) is 2.92. The molecular weight excluding hydrogens is 352 g/mol. The quantitative estimate of drug-likeness (QED) is 0.861. The van der Waals surface area contributed by atoms with Crippen molar-refractivity contribution in [2.24, 2.45) is 0 Å². The zero-order valence-corrected chi connectivity index (χ0v) is 17.7. The maximum atomic E-state index is 12.6. The Bertz CT molecular complexity index is 815. The number of hydrogen-bond acceptors (Lipinski definition) is 4. The fourth-order valence-electron chi connectivity index (χ4n) is 3.86. The number of carbonyl (C=O) groups excluding carboxylic acids is 1. The van der Waals surface area contributed by atoms with Gasteiger partial charge in [0.2, 0.25) is 0 Å². The summed E-state index contributed by atoms with van der Waals surface area (Å²) in [4.78, 5) is 21.3. The van der Waals surface area contributed by atoms with Crippen LogP contribution in [0.1, 0.15) is 41.7 Å². The molecule has 3 rings (SSSR count). The lowest BCUT2D eigenvalue weighted by Gasteiger charge is -2.36. The van der Waals surface area contributed by atoms with Crippen molar-refractivity contribution >= 4 is 11.7 Å². The largest absolute Gasteiger partial charge is 0.368 e. The van der Waals surface area contributed by atoms with E-state index >= 15 is 0 Å². The lowest BCUT2D eigenvalue weighted by Crippen LogP contribution is -2.51. The summed E-state index contributed by atoms with van der Waals surface area (Å²) in [6.45, 7) is 14.8. The molecule has 1 fully saturated rings. The highest BCUT2D eigenvalue weighted by atomic mass is 16.2. The fraction of sp³-hybridized carbons (Fsp3) is 0.571. The summed E-state index contributed by atoms with van der Waals surface area (Å²) in [5.41, 5.74) is 6.53. The highest BCUT2D eigenvalue weighted by molar-refractivity contribution is 5.74. The number of amides is 2. The normalized spacial score (nSPS) is 14.5. The summed E-state index contributed by atoms with van der Waals surface area (Å²) in [6.07, 6.45) is 1.05. The minimum Gasteiger partial charge on any atom is -0.368 e. The number of carbonyl (C=O) groups is 1. The van der Waals surface area contributed by atoms with Gasteiger partial charge in [-0.3, -0.25) is 9.67 Å². The van der Waals surface area contributed by atoms with E-state index in [2.05, 4.69) is 46.3 Å². The van der Waals surface area contributed by atoms with Crippen molar-refractivity contribution < 1.29 is 4.79 Å². The summed E-state index contributed by atoms with van der Waals surface area (Å²) in [5, 5.41) is 7.67. The van der Waals surface area contributed by atoms with E-state index in [1.807, 2.05) is 30.4 Å². The van der Waals surface area contributed by atoms with Crippen molar-refractivity contribution in [1.82, 2.24) is 25.0 Å². The number of hydrogen-bond donors (Lipinski definition) is 1. The monoisotopic (exact) mass is 384 g/mol. The number of pyridine rings is 1. The third kappa shape index (κ3) is 4.46. The first-order chi connectivity index (χ1) is 13.4. The molecule has 0 aliphatic carbocycles. The lowest BCUT2D eigenvalue weighted by molar-refractivity contribution is 0.194. The van der Waals surface area contributed by atoms with Crippen LogP contribution >= 0.6 is 0 Å². The summed E-state index contributed by atoms with van der Waals surface area (Å²) in [6, 6.07) is 4.23. The molecule has 0 saturated carbocycles. The molecule has 2 aromatic heterocycles. The number of rotatable bonds is 5. The minimum absolute atomic E-state index is 0.00350. The fourth-order valence-corrected chi connectivity index (χ4v) is 3.86. The van der Waals surface area contributed by atoms with Gasteiger partial charge in [0.15, 0.2) is 0 Å². The van der Waals surface area contributed by atoms with Gasteiger partial charge in [-0.15, -0.1) is 0 Å². The van der Waals surface area contributed by atoms with Crippen molar-refractivity contribution in [3.05, 3.63) is 40.5 Å². The van der Waals surface area contributed by atoms with Gasteiger partial charge >= 0.3 is 6.03 Å². The van der Waals surface area contributed by atoms with E-state index in [9.17, 15) is 4.79 Å². The molecule has 0 unspecified atom stereocenters. The number of urea groups is 1. The van der Waals surface area contributed by atoms with Crippen LogP contribution in [-0.2, 0) is 13.1 Å². The molecule has 7 heteroatoms. The van der Waals surface area contributed by atoms with Gasteiger partial charge in [0.05, 0.1) is 5.69 Å². The van der Waals surface area contributed by atoms with Crippen LogP contribution in [0.25, 0.3) is 0 Å². The van der Waals surface area contributed by atoms with Crippen LogP contribution in [-0.4, -0.2) is 51.9 Å². The Labute approximate surface area is 167 Å². The molecule has 2 amide bonds. The smallest absolute Gasteiger partial charge is 0.317 e. The zero-order valence-electron chi connectivity index (χ0n) is 17.7. The molecule has 3 heterocycles. The molecule has 1 aliphatic heterocycles. The van der Waals surface area contributed by atoms with Crippen LogP contribution < -0.4 is 10.2 Å². The van der Waals surface area contributed by atoms with E-state index in [1.54, 1.807) is 0 Å². The average molecular weight is 385 g/mol. The standard InChI is InChI=1S/C21H32N6O/c1-6-7-27-18(5)20(17(4)24-27)14-22-21(28)26-10-8-25(9-11-26)19-12-15(2)23-16(3)13-19/h12-13H,6-11,14H2,1-5H3,(H,22,28). The van der Waals surface area contributed by atoms with E-state index in [-0.39, 0.29) is 6.03 Å². The summed E-state index contributed by atoms with van der Waals surface area (Å²) < 4.78 is 2.04. The number of aryl methyl sites for hydroxylation is 4. The van der Waals surface area contributed by atoms with Gasteiger partial charge in [-0.1, -0.05) is 6.92 Å². The van der Waals surface area contributed by atoms with E-state index in [0.29, 0.717) is 6.54 Å². The zero-order chi connectivity index (χ0) is 20.3. The number of nitrogens with zero attached hydrogens (tertiary/aromatic N) is 5. The Hall–Kier alpha value is -2.57. The predicted molar refractivity (Wildman–Crippen MR) is 112 cm³/mol. The van der Waals surface area contributed by atoms with Gasteiger partial charge in [-0.25, -0.2) is 4.79 Å². The highest BCUT2D eigenvalue weighted by Crippen LogP contribution is 2.19. The van der Waals surface area contributed by atoms with Gasteiger partial charge in [0.25, 0.3) is 0 Å². The summed E-state index contributed by atoms with van der Waals surface area (Å²) in [5.74, 6) is 0. The van der Waals surface area contributed by atoms with Crippen molar-refractivity contribution in [2.45, 2.75) is 54.1 Å². The Kier molecular flexibility index (Phi) is 6.21. The number of anilines is 1. The number of piperazine rings is 1. The second-order valence-electron chi connectivity index (χ2n) is 7.61. The topological polar surface area (TPSA) is 66.3 Å². The van der Waals surface area contributed by atoms with Crippen molar-refractivity contribution in [2.75, 3.05) is 31.1 Å². The molecule has 0 bridgehead atoms. The van der Waals surface area contributed by atoms with Gasteiger partial charge in [0.1, 0.15) is 0 Å². The molecule has 1 aliphatic rings. The summed E-state index contributed by atoms with van der Waals surface area (Å²) in [7, 11) is 0. The highest BCUT2D eigenvalue weighted by Gasteiger charge is 2.22. The molecule has 0 spiro atoms. The number of nitrogens with one attached hydrogen (secondary N) is 1. The molecule has 0 radical (unpaired) electrons. The second-order valence-corrected chi connectivity index (χ2v) is 7.61. The van der Waals surface area contributed by atoms with Gasteiger partial charge in [-0.05, 0) is 46.2 Å². The molecule has 0 atom stereocenters. The molecule has 1 N–H and O–H groups in total. The third-order valence-electron chi connectivity index (χ3n) is 5.38. The minimum atomic E-state index is 0.00350. The molecule has 1 saturated heterocycles. The Morgan fingerprint density at radius 1 is 1.07 bits per heavy atom. The van der Waals surface area contributed by atoms with Gasteiger partial charge < -0.3 is 15.1 Å². The van der Waals surface area contributed by atoms with Gasteiger partial charge in [0, 0.05) is 67.6 Å². The SMILES string of the molecule is CCCn1nc(C)c(CNC(=O)N2CCN(c3cc(C)nc(C)c3)CC2)c1C. The van der Waals surface area contributed by atoms with E-state index in [1.165, 1.54) is 5.69 Å². The Balaban J connectivity index is 1.54. The lowest BCUT2D eigenvalue weighted by atomic mass is 10.2. The van der Waals surface area contributed by atoms with E-state index < -0.39 is 0 Å². The predicted octanol–water partition coefficient (Wildman–Crippen LogP) is 2.95. The van der Waals surface area contributed by atoms with Crippen molar-refractivity contribution in [3.8, 4) is 0 Å². The molecule has 7 nitrogen and oxygen atoms in total. The van der Waals surface area contributed by atoms with Crippen LogP contribution in [0.2, 0.25) is 0 Å².